The van der Waals surface area contributed by atoms with Gasteiger partial charge in [-0.1, -0.05) is 0 Å². The zero-order valence-corrected chi connectivity index (χ0v) is 6.86. The first kappa shape index (κ1) is 7.60. The third kappa shape index (κ3) is 1.20. The molecule has 13 heavy (non-hydrogen) atoms. The summed E-state index contributed by atoms with van der Waals surface area (Å²) in [6.07, 6.45) is 0. The van der Waals surface area contributed by atoms with Gasteiger partial charge in [-0.05, 0) is 18.2 Å². The highest BCUT2D eigenvalue weighted by Gasteiger charge is 2.02. The minimum atomic E-state index is 0.163. The summed E-state index contributed by atoms with van der Waals surface area (Å²) in [7, 11) is 0. The molecule has 66 valence electrons. The summed E-state index contributed by atoms with van der Waals surface area (Å²) in [5.41, 5.74) is 17.9. The number of anilines is 3. The van der Waals surface area contributed by atoms with Crippen LogP contribution in [0.5, 0.6) is 0 Å². The van der Waals surface area contributed by atoms with Crippen LogP contribution in [0.4, 0.5) is 17.5 Å². The smallest absolute Gasteiger partial charge is 0.222 e. The molecular weight excluding hydrogens is 166 g/mol. The van der Waals surface area contributed by atoms with Crippen LogP contribution in [0, 0.1) is 0 Å². The molecular formula is C8H9N5. The average molecular weight is 175 g/mol. The van der Waals surface area contributed by atoms with E-state index >= 15 is 0 Å². The maximum Gasteiger partial charge on any atom is 0.222 e. The quantitative estimate of drug-likeness (QED) is 0.502. The topological polar surface area (TPSA) is 104 Å². The van der Waals surface area contributed by atoms with Crippen LogP contribution in [-0.4, -0.2) is 9.97 Å². The molecule has 6 N–H and O–H groups in total. The molecule has 5 nitrogen and oxygen atoms in total. The van der Waals surface area contributed by atoms with Crippen molar-refractivity contribution in [3.8, 4) is 0 Å². The van der Waals surface area contributed by atoms with Gasteiger partial charge >= 0.3 is 0 Å². The largest absolute Gasteiger partial charge is 0.399 e. The van der Waals surface area contributed by atoms with Crippen molar-refractivity contribution < 1.29 is 0 Å². The second-order valence-corrected chi connectivity index (χ2v) is 2.74. The Morgan fingerprint density at radius 2 is 1.77 bits per heavy atom. The molecule has 0 unspecified atom stereocenters. The molecule has 2 aromatic rings. The molecule has 0 fully saturated rings. The lowest BCUT2D eigenvalue weighted by Crippen LogP contribution is -2.00. The average Bonchev–Trinajstić information content (AvgIpc) is 2.02. The van der Waals surface area contributed by atoms with Gasteiger partial charge < -0.3 is 17.2 Å². The van der Waals surface area contributed by atoms with Gasteiger partial charge in [0.2, 0.25) is 5.95 Å². The van der Waals surface area contributed by atoms with E-state index in [-0.39, 0.29) is 5.95 Å². The Labute approximate surface area is 74.6 Å². The van der Waals surface area contributed by atoms with Gasteiger partial charge in [-0.2, -0.15) is 4.98 Å². The van der Waals surface area contributed by atoms with E-state index in [1.807, 2.05) is 0 Å². The van der Waals surface area contributed by atoms with Gasteiger partial charge in [0, 0.05) is 11.1 Å². The number of rotatable bonds is 0. The van der Waals surface area contributed by atoms with Gasteiger partial charge in [-0.3, -0.25) is 0 Å². The molecule has 0 saturated carbocycles. The van der Waals surface area contributed by atoms with Gasteiger partial charge in [0.05, 0.1) is 5.52 Å². The minimum absolute atomic E-state index is 0.163. The van der Waals surface area contributed by atoms with Crippen LogP contribution in [-0.2, 0) is 0 Å². The van der Waals surface area contributed by atoms with Gasteiger partial charge in [-0.15, -0.1) is 0 Å². The minimum Gasteiger partial charge on any atom is -0.399 e. The highest BCUT2D eigenvalue weighted by Crippen LogP contribution is 2.20. The number of fused-ring (bicyclic) bond motifs is 1. The Hall–Kier alpha value is -2.04. The van der Waals surface area contributed by atoms with Crippen LogP contribution < -0.4 is 17.2 Å². The fourth-order valence-corrected chi connectivity index (χ4v) is 1.19. The summed E-state index contributed by atoms with van der Waals surface area (Å²) in [6, 6.07) is 5.24. The highest BCUT2D eigenvalue weighted by molar-refractivity contribution is 5.90. The lowest BCUT2D eigenvalue weighted by molar-refractivity contribution is 1.25. The van der Waals surface area contributed by atoms with Crippen molar-refractivity contribution in [2.75, 3.05) is 17.2 Å². The first-order chi connectivity index (χ1) is 6.16. The van der Waals surface area contributed by atoms with Crippen molar-refractivity contribution in [3.05, 3.63) is 18.2 Å². The van der Waals surface area contributed by atoms with Crippen LogP contribution >= 0.6 is 0 Å². The van der Waals surface area contributed by atoms with E-state index in [1.54, 1.807) is 18.2 Å². The second kappa shape index (κ2) is 2.48. The van der Waals surface area contributed by atoms with Crippen molar-refractivity contribution in [2.24, 2.45) is 0 Å². The molecule has 1 aromatic heterocycles. The van der Waals surface area contributed by atoms with E-state index in [1.165, 1.54) is 0 Å². The predicted molar refractivity (Wildman–Crippen MR) is 52.8 cm³/mol. The molecule has 1 heterocycles. The number of nitrogens with zero attached hydrogens (tertiary/aromatic N) is 2. The highest BCUT2D eigenvalue weighted by atomic mass is 15.0. The van der Waals surface area contributed by atoms with Gasteiger partial charge in [-0.25, -0.2) is 4.98 Å². The van der Waals surface area contributed by atoms with Crippen molar-refractivity contribution in [3.63, 3.8) is 0 Å². The maximum absolute atomic E-state index is 5.64. The van der Waals surface area contributed by atoms with Gasteiger partial charge in [0.25, 0.3) is 0 Å². The van der Waals surface area contributed by atoms with Crippen molar-refractivity contribution >= 4 is 28.4 Å². The first-order valence-electron chi connectivity index (χ1n) is 3.75. The predicted octanol–water partition coefficient (Wildman–Crippen LogP) is 0.376. The normalized spacial score (nSPS) is 10.5. The zero-order valence-electron chi connectivity index (χ0n) is 6.86. The lowest BCUT2D eigenvalue weighted by Gasteiger charge is -2.02. The second-order valence-electron chi connectivity index (χ2n) is 2.74. The van der Waals surface area contributed by atoms with Crippen LogP contribution in [0.25, 0.3) is 10.9 Å². The van der Waals surface area contributed by atoms with Crippen LogP contribution in [0.2, 0.25) is 0 Å². The van der Waals surface area contributed by atoms with Gasteiger partial charge in [0.1, 0.15) is 5.82 Å². The Morgan fingerprint density at radius 3 is 2.54 bits per heavy atom. The lowest BCUT2D eigenvalue weighted by atomic mass is 10.2. The Kier molecular flexibility index (Phi) is 1.45. The monoisotopic (exact) mass is 175 g/mol. The van der Waals surface area contributed by atoms with E-state index in [2.05, 4.69) is 9.97 Å². The zero-order chi connectivity index (χ0) is 9.42. The number of benzene rings is 1. The summed E-state index contributed by atoms with van der Waals surface area (Å²) in [6.45, 7) is 0. The summed E-state index contributed by atoms with van der Waals surface area (Å²) in [5.74, 6) is 0.540. The van der Waals surface area contributed by atoms with Crippen LogP contribution in [0.1, 0.15) is 0 Å². The van der Waals surface area contributed by atoms with Crippen LogP contribution in [0.3, 0.4) is 0 Å². The standard InChI is InChI=1S/C8H9N5/c9-4-1-2-5-6(3-4)12-8(11)13-7(5)10/h1-3H,9H2,(H4,10,11,12,13). The number of nitrogen functional groups attached to an aromatic ring is 3. The Balaban J connectivity index is 2.86. The maximum atomic E-state index is 5.64. The molecule has 0 radical (unpaired) electrons. The van der Waals surface area contributed by atoms with Gasteiger partial charge in [0.15, 0.2) is 0 Å². The fraction of sp³-hybridized carbons (Fsp3) is 0. The Morgan fingerprint density at radius 1 is 1.00 bits per heavy atom. The molecule has 2 rings (SSSR count). The fourth-order valence-electron chi connectivity index (χ4n) is 1.19. The van der Waals surface area contributed by atoms with Crippen molar-refractivity contribution in [2.45, 2.75) is 0 Å². The molecule has 0 aliphatic heterocycles. The molecule has 0 saturated heterocycles. The molecule has 0 atom stereocenters. The summed E-state index contributed by atoms with van der Waals surface area (Å²) in [4.78, 5) is 7.84. The van der Waals surface area contributed by atoms with E-state index < -0.39 is 0 Å². The molecule has 5 heteroatoms. The molecule has 0 spiro atoms. The van der Waals surface area contributed by atoms with E-state index in [0.717, 1.165) is 5.39 Å². The van der Waals surface area contributed by atoms with Crippen molar-refractivity contribution in [1.29, 1.82) is 0 Å². The van der Waals surface area contributed by atoms with E-state index in [9.17, 15) is 0 Å². The molecule has 0 bridgehead atoms. The molecule has 1 aromatic carbocycles. The number of hydrogen-bond acceptors (Lipinski definition) is 5. The number of hydrogen-bond donors (Lipinski definition) is 3. The molecule has 0 aliphatic carbocycles. The summed E-state index contributed by atoms with van der Waals surface area (Å²) < 4.78 is 0. The third-order valence-corrected chi connectivity index (χ3v) is 1.77. The van der Waals surface area contributed by atoms with E-state index in [0.29, 0.717) is 17.0 Å². The molecule has 0 amide bonds. The van der Waals surface area contributed by atoms with E-state index in [4.69, 9.17) is 17.2 Å². The SMILES string of the molecule is Nc1ccc2c(N)nc(N)nc2c1. The third-order valence-electron chi connectivity index (χ3n) is 1.77. The van der Waals surface area contributed by atoms with Crippen LogP contribution in [0.15, 0.2) is 18.2 Å². The summed E-state index contributed by atoms with van der Waals surface area (Å²) in [5, 5.41) is 0.767. The first-order valence-corrected chi connectivity index (χ1v) is 3.75. The molecule has 0 aliphatic rings. The number of nitrogens with two attached hydrogens (primary N) is 3. The Bertz CT molecular complexity index is 460. The number of aromatic nitrogens is 2. The summed E-state index contributed by atoms with van der Waals surface area (Å²) >= 11 is 0. The van der Waals surface area contributed by atoms with Crippen molar-refractivity contribution in [1.82, 2.24) is 9.97 Å².